The summed E-state index contributed by atoms with van der Waals surface area (Å²) in [7, 11) is 3.87. The molecule has 1 aliphatic rings. The zero-order valence-electron chi connectivity index (χ0n) is 11.1. The molecule has 3 nitrogen and oxygen atoms in total. The van der Waals surface area contributed by atoms with Crippen LogP contribution in [0.2, 0.25) is 5.02 Å². The molecule has 1 fully saturated rings. The van der Waals surface area contributed by atoms with E-state index in [2.05, 4.69) is 17.3 Å². The Morgan fingerprint density at radius 1 is 1.39 bits per heavy atom. The Bertz CT molecular complexity index is 389. The highest BCUT2D eigenvalue weighted by Crippen LogP contribution is 2.28. The number of methoxy groups -OCH3 is 1. The molecule has 4 heteroatoms. The Balaban J connectivity index is 1.91. The SMILES string of the molecule is COc1ccc(Cl)cc1NCC1CCN(C)CC1. The molecule has 1 aliphatic heterocycles. The molecule has 1 aromatic rings. The van der Waals surface area contributed by atoms with E-state index >= 15 is 0 Å². The maximum atomic E-state index is 6.01. The number of benzene rings is 1. The van der Waals surface area contributed by atoms with Crippen molar-refractivity contribution in [2.75, 3.05) is 39.1 Å². The molecule has 0 bridgehead atoms. The van der Waals surface area contributed by atoms with Gasteiger partial charge in [0.15, 0.2) is 0 Å². The van der Waals surface area contributed by atoms with Crippen molar-refractivity contribution in [3.05, 3.63) is 23.2 Å². The lowest BCUT2D eigenvalue weighted by Gasteiger charge is -2.29. The molecular formula is C14H21ClN2O. The van der Waals surface area contributed by atoms with E-state index < -0.39 is 0 Å². The van der Waals surface area contributed by atoms with E-state index in [1.165, 1.54) is 25.9 Å². The van der Waals surface area contributed by atoms with E-state index in [0.717, 1.165) is 28.9 Å². The summed E-state index contributed by atoms with van der Waals surface area (Å²) < 4.78 is 5.33. The minimum atomic E-state index is 0.738. The van der Waals surface area contributed by atoms with Gasteiger partial charge >= 0.3 is 0 Å². The zero-order chi connectivity index (χ0) is 13.0. The molecule has 1 N–H and O–H groups in total. The molecule has 0 atom stereocenters. The number of hydrogen-bond donors (Lipinski definition) is 1. The molecule has 0 amide bonds. The topological polar surface area (TPSA) is 24.5 Å². The van der Waals surface area contributed by atoms with Crippen molar-refractivity contribution in [2.24, 2.45) is 5.92 Å². The van der Waals surface area contributed by atoms with Crippen molar-refractivity contribution in [1.29, 1.82) is 0 Å². The van der Waals surface area contributed by atoms with Crippen LogP contribution >= 0.6 is 11.6 Å². The lowest BCUT2D eigenvalue weighted by molar-refractivity contribution is 0.226. The molecule has 2 rings (SSSR count). The van der Waals surface area contributed by atoms with Gasteiger partial charge in [0.05, 0.1) is 12.8 Å². The Hall–Kier alpha value is -0.930. The summed E-state index contributed by atoms with van der Waals surface area (Å²) >= 11 is 6.01. The fourth-order valence-corrected chi connectivity index (χ4v) is 2.51. The summed E-state index contributed by atoms with van der Waals surface area (Å²) in [4.78, 5) is 2.39. The smallest absolute Gasteiger partial charge is 0.142 e. The van der Waals surface area contributed by atoms with Crippen LogP contribution in [0.15, 0.2) is 18.2 Å². The number of hydrogen-bond acceptors (Lipinski definition) is 3. The van der Waals surface area contributed by atoms with Crippen molar-refractivity contribution in [2.45, 2.75) is 12.8 Å². The molecule has 0 aromatic heterocycles. The number of piperidine rings is 1. The Labute approximate surface area is 114 Å². The van der Waals surface area contributed by atoms with Gasteiger partial charge in [-0.2, -0.15) is 0 Å². The second-order valence-electron chi connectivity index (χ2n) is 4.97. The maximum absolute atomic E-state index is 6.01. The number of nitrogens with one attached hydrogen (secondary N) is 1. The van der Waals surface area contributed by atoms with Crippen molar-refractivity contribution >= 4 is 17.3 Å². The molecule has 0 spiro atoms. The van der Waals surface area contributed by atoms with Crippen LogP contribution in [0, 0.1) is 5.92 Å². The highest BCUT2D eigenvalue weighted by atomic mass is 35.5. The van der Waals surface area contributed by atoms with Gasteiger partial charge < -0.3 is 15.0 Å². The minimum Gasteiger partial charge on any atom is -0.495 e. The van der Waals surface area contributed by atoms with Crippen LogP contribution in [0.5, 0.6) is 5.75 Å². The first-order valence-electron chi connectivity index (χ1n) is 6.45. The van der Waals surface area contributed by atoms with Crippen molar-refractivity contribution in [3.63, 3.8) is 0 Å². The lowest BCUT2D eigenvalue weighted by atomic mass is 9.97. The second-order valence-corrected chi connectivity index (χ2v) is 5.41. The van der Waals surface area contributed by atoms with Crippen molar-refractivity contribution in [1.82, 2.24) is 4.90 Å². The number of halogens is 1. The second kappa shape index (κ2) is 6.30. The van der Waals surface area contributed by atoms with Crippen LogP contribution in [-0.2, 0) is 0 Å². The van der Waals surface area contributed by atoms with Gasteiger partial charge in [0, 0.05) is 11.6 Å². The molecule has 0 saturated carbocycles. The van der Waals surface area contributed by atoms with Gasteiger partial charge in [0.1, 0.15) is 5.75 Å². The monoisotopic (exact) mass is 268 g/mol. The molecule has 0 unspecified atom stereocenters. The van der Waals surface area contributed by atoms with Crippen LogP contribution in [0.25, 0.3) is 0 Å². The summed E-state index contributed by atoms with van der Waals surface area (Å²) in [6.07, 6.45) is 2.51. The Kier molecular flexibility index (Phi) is 4.72. The summed E-state index contributed by atoms with van der Waals surface area (Å²) in [5, 5.41) is 4.20. The van der Waals surface area contributed by atoms with Crippen LogP contribution in [-0.4, -0.2) is 38.7 Å². The van der Waals surface area contributed by atoms with Gasteiger partial charge in [0.25, 0.3) is 0 Å². The average molecular weight is 269 g/mol. The molecule has 1 aromatic carbocycles. The van der Waals surface area contributed by atoms with Crippen LogP contribution in [0.1, 0.15) is 12.8 Å². The van der Waals surface area contributed by atoms with Gasteiger partial charge in [-0.05, 0) is 57.1 Å². The highest BCUT2D eigenvalue weighted by molar-refractivity contribution is 6.30. The summed E-state index contributed by atoms with van der Waals surface area (Å²) in [5.41, 5.74) is 0.990. The van der Waals surface area contributed by atoms with Crippen LogP contribution in [0.3, 0.4) is 0 Å². The Morgan fingerprint density at radius 3 is 2.78 bits per heavy atom. The van der Waals surface area contributed by atoms with E-state index in [4.69, 9.17) is 16.3 Å². The molecule has 0 radical (unpaired) electrons. The van der Waals surface area contributed by atoms with Crippen molar-refractivity contribution in [3.8, 4) is 5.75 Å². The largest absolute Gasteiger partial charge is 0.495 e. The van der Waals surface area contributed by atoms with Crippen LogP contribution < -0.4 is 10.1 Å². The summed E-state index contributed by atoms with van der Waals surface area (Å²) in [5.74, 6) is 1.59. The van der Waals surface area contributed by atoms with E-state index in [1.807, 2.05) is 18.2 Å². The molecule has 0 aliphatic carbocycles. The van der Waals surface area contributed by atoms with E-state index in [0.29, 0.717) is 0 Å². The third-order valence-electron chi connectivity index (χ3n) is 3.58. The third-order valence-corrected chi connectivity index (χ3v) is 3.82. The molecule has 1 heterocycles. The molecule has 1 saturated heterocycles. The first kappa shape index (κ1) is 13.5. The summed E-state index contributed by atoms with van der Waals surface area (Å²) in [6.45, 7) is 3.38. The quantitative estimate of drug-likeness (QED) is 0.908. The zero-order valence-corrected chi connectivity index (χ0v) is 11.8. The van der Waals surface area contributed by atoms with Gasteiger partial charge in [-0.3, -0.25) is 0 Å². The predicted octanol–water partition coefficient (Wildman–Crippen LogP) is 3.10. The molecule has 18 heavy (non-hydrogen) atoms. The van der Waals surface area contributed by atoms with Gasteiger partial charge in [-0.25, -0.2) is 0 Å². The molecule has 100 valence electrons. The lowest BCUT2D eigenvalue weighted by Crippen LogP contribution is -2.32. The number of likely N-dealkylation sites (tertiary alicyclic amines) is 1. The Morgan fingerprint density at radius 2 is 2.11 bits per heavy atom. The first-order valence-corrected chi connectivity index (χ1v) is 6.83. The molecular weight excluding hydrogens is 248 g/mol. The number of anilines is 1. The number of ether oxygens (including phenoxy) is 1. The highest BCUT2D eigenvalue weighted by Gasteiger charge is 2.16. The normalized spacial score (nSPS) is 17.7. The van der Waals surface area contributed by atoms with E-state index in [1.54, 1.807) is 7.11 Å². The third kappa shape index (κ3) is 3.53. The predicted molar refractivity (Wildman–Crippen MR) is 76.7 cm³/mol. The first-order chi connectivity index (χ1) is 8.69. The number of rotatable bonds is 4. The maximum Gasteiger partial charge on any atom is 0.142 e. The van der Waals surface area contributed by atoms with E-state index in [-0.39, 0.29) is 0 Å². The van der Waals surface area contributed by atoms with Gasteiger partial charge in [0.2, 0.25) is 0 Å². The standard InChI is InChI=1S/C14H21ClN2O/c1-17-7-5-11(6-8-17)10-16-13-9-12(15)3-4-14(13)18-2/h3-4,9,11,16H,5-8,10H2,1-2H3. The van der Waals surface area contributed by atoms with Crippen molar-refractivity contribution < 1.29 is 4.74 Å². The number of nitrogens with zero attached hydrogens (tertiary/aromatic N) is 1. The minimum absolute atomic E-state index is 0.738. The average Bonchev–Trinajstić information content (AvgIpc) is 2.38. The van der Waals surface area contributed by atoms with E-state index in [9.17, 15) is 0 Å². The van der Waals surface area contributed by atoms with Crippen LogP contribution in [0.4, 0.5) is 5.69 Å². The summed E-state index contributed by atoms with van der Waals surface area (Å²) in [6, 6.07) is 5.68. The fourth-order valence-electron chi connectivity index (χ4n) is 2.34. The van der Waals surface area contributed by atoms with Gasteiger partial charge in [-0.1, -0.05) is 11.6 Å². The van der Waals surface area contributed by atoms with Gasteiger partial charge in [-0.15, -0.1) is 0 Å². The fraction of sp³-hybridized carbons (Fsp3) is 0.571.